The number of benzene rings is 3. The fraction of sp³-hybridized carbons (Fsp3) is 0.294. The maximum atomic E-state index is 13.8. The molecule has 1 saturated heterocycles. The maximum Gasteiger partial charge on any atom is 0.488 e. The lowest BCUT2D eigenvalue weighted by Gasteiger charge is -2.36. The second kappa shape index (κ2) is 13.7. The van der Waals surface area contributed by atoms with Crippen LogP contribution >= 0.6 is 0 Å². The van der Waals surface area contributed by atoms with E-state index in [4.69, 9.17) is 4.74 Å². The zero-order valence-corrected chi connectivity index (χ0v) is 24.4. The monoisotopic (exact) mass is 597 g/mol. The summed E-state index contributed by atoms with van der Waals surface area (Å²) in [4.78, 5) is 28.5. The Bertz CT molecular complexity index is 1570. The van der Waals surface area contributed by atoms with Crippen molar-refractivity contribution >= 4 is 41.7 Å². The van der Waals surface area contributed by atoms with Crippen LogP contribution in [0.25, 0.3) is 11.6 Å². The van der Waals surface area contributed by atoms with Gasteiger partial charge < -0.3 is 30.1 Å². The van der Waals surface area contributed by atoms with Crippen molar-refractivity contribution in [2.45, 2.75) is 25.4 Å². The van der Waals surface area contributed by atoms with Crippen LogP contribution in [0.4, 0.5) is 5.69 Å². The minimum Gasteiger partial charge on any atom is -0.507 e. The average Bonchev–Trinajstić information content (AvgIpc) is 3.28. The standard InChI is InChI=1S/C34H36BNO8/c1-44-20-24-17-27-32(34(41)36(33(27)40)26-12-7-11-25(18-26)35(42)43)28(19-37)31(24)30(39)15-14-22(21-8-3-2-4-9-21)16-23-10-5-6-13-29(23)38/h2-13,16,18,27-28,30,32,37-39,42-43H,14-15,17,19-20H2,1H3/b22-16-/t27-,28+,30-,32-/m1/s1. The maximum absolute atomic E-state index is 13.8. The molecule has 10 heteroatoms. The van der Waals surface area contributed by atoms with Crippen molar-refractivity contribution in [2.75, 3.05) is 25.2 Å². The molecular weight excluding hydrogens is 561 g/mol. The van der Waals surface area contributed by atoms with Gasteiger partial charge in [0.15, 0.2) is 0 Å². The van der Waals surface area contributed by atoms with E-state index >= 15 is 0 Å². The van der Waals surface area contributed by atoms with Crippen LogP contribution < -0.4 is 10.4 Å². The lowest BCUT2D eigenvalue weighted by molar-refractivity contribution is -0.123. The van der Waals surface area contributed by atoms with Crippen LogP contribution in [0.2, 0.25) is 0 Å². The number of aromatic hydroxyl groups is 1. The molecule has 1 aliphatic carbocycles. The number of aliphatic hydroxyl groups is 2. The second-order valence-corrected chi connectivity index (χ2v) is 11.2. The van der Waals surface area contributed by atoms with Crippen molar-refractivity contribution in [3.63, 3.8) is 0 Å². The van der Waals surface area contributed by atoms with Crippen molar-refractivity contribution in [2.24, 2.45) is 17.8 Å². The molecule has 5 rings (SSSR count). The molecule has 1 heterocycles. The highest BCUT2D eigenvalue weighted by Crippen LogP contribution is 2.47. The highest BCUT2D eigenvalue weighted by atomic mass is 16.5. The van der Waals surface area contributed by atoms with E-state index in [1.807, 2.05) is 48.5 Å². The van der Waals surface area contributed by atoms with Crippen LogP contribution in [0, 0.1) is 17.8 Å². The summed E-state index contributed by atoms with van der Waals surface area (Å²) in [6.07, 6.45) is 1.71. The quantitative estimate of drug-likeness (QED) is 0.0981. The number of rotatable bonds is 11. The number of phenols is 1. The van der Waals surface area contributed by atoms with Gasteiger partial charge >= 0.3 is 7.12 Å². The largest absolute Gasteiger partial charge is 0.507 e. The Kier molecular flexibility index (Phi) is 9.78. The third kappa shape index (κ3) is 6.26. The molecule has 44 heavy (non-hydrogen) atoms. The Morgan fingerprint density at radius 2 is 1.75 bits per heavy atom. The van der Waals surface area contributed by atoms with Gasteiger partial charge in [0.1, 0.15) is 5.75 Å². The summed E-state index contributed by atoms with van der Waals surface area (Å²) in [5.41, 5.74) is 3.99. The van der Waals surface area contributed by atoms with E-state index in [-0.39, 0.29) is 36.3 Å². The summed E-state index contributed by atoms with van der Waals surface area (Å²) >= 11 is 0. The summed E-state index contributed by atoms with van der Waals surface area (Å²) in [5.74, 6) is -3.28. The predicted molar refractivity (Wildman–Crippen MR) is 167 cm³/mol. The molecule has 3 aromatic carbocycles. The molecule has 2 amide bonds. The summed E-state index contributed by atoms with van der Waals surface area (Å²) in [6, 6.07) is 22.6. The third-order valence-electron chi connectivity index (χ3n) is 8.58. The molecule has 3 aromatic rings. The summed E-state index contributed by atoms with van der Waals surface area (Å²) < 4.78 is 5.45. The Hall–Kier alpha value is -4.06. The van der Waals surface area contributed by atoms with Gasteiger partial charge in [-0.25, -0.2) is 0 Å². The van der Waals surface area contributed by atoms with E-state index in [2.05, 4.69) is 0 Å². The van der Waals surface area contributed by atoms with Crippen LogP contribution in [-0.2, 0) is 14.3 Å². The van der Waals surface area contributed by atoms with Crippen molar-refractivity contribution in [3.05, 3.63) is 101 Å². The van der Waals surface area contributed by atoms with E-state index in [1.165, 1.54) is 25.3 Å². The van der Waals surface area contributed by atoms with Gasteiger partial charge in [0.05, 0.1) is 36.8 Å². The summed E-state index contributed by atoms with van der Waals surface area (Å²) in [7, 11) is -0.258. The number of imide groups is 1. The molecule has 0 bridgehead atoms. The average molecular weight is 597 g/mol. The zero-order valence-electron chi connectivity index (χ0n) is 24.4. The topological polar surface area (TPSA) is 148 Å². The van der Waals surface area contributed by atoms with Gasteiger partial charge in [-0.05, 0) is 71.3 Å². The Morgan fingerprint density at radius 1 is 1.02 bits per heavy atom. The van der Waals surface area contributed by atoms with Crippen LogP contribution in [0.15, 0.2) is 90.0 Å². The molecule has 5 N–H and O–H groups in total. The van der Waals surface area contributed by atoms with Gasteiger partial charge in [0, 0.05) is 18.6 Å². The van der Waals surface area contributed by atoms with E-state index in [1.54, 1.807) is 18.2 Å². The number of carbonyl (C=O) groups excluding carboxylic acids is 2. The first-order valence-corrected chi connectivity index (χ1v) is 14.6. The molecule has 0 saturated carbocycles. The van der Waals surface area contributed by atoms with Crippen LogP contribution in [0.5, 0.6) is 5.75 Å². The van der Waals surface area contributed by atoms with Gasteiger partial charge in [-0.1, -0.05) is 60.7 Å². The van der Waals surface area contributed by atoms with Crippen molar-refractivity contribution in [1.29, 1.82) is 0 Å². The van der Waals surface area contributed by atoms with Crippen LogP contribution in [-0.4, -0.2) is 70.7 Å². The molecule has 2 aliphatic rings. The summed E-state index contributed by atoms with van der Waals surface area (Å²) in [5, 5.41) is 52.0. The van der Waals surface area contributed by atoms with Gasteiger partial charge in [-0.15, -0.1) is 0 Å². The number of amides is 2. The predicted octanol–water partition coefficient (Wildman–Crippen LogP) is 2.51. The molecule has 1 aliphatic heterocycles. The van der Waals surface area contributed by atoms with E-state index in [9.17, 15) is 35.0 Å². The molecule has 0 radical (unpaired) electrons. The SMILES string of the molecule is COCC1=C([C@H](O)CC/C(=C/c2ccccc2O)c2ccccc2)[C@H](CO)[C@@H]2C(=O)N(c3cccc(B(O)O)c3)C(=O)[C@@H]2C1. The molecule has 0 aromatic heterocycles. The highest BCUT2D eigenvalue weighted by Gasteiger charge is 2.55. The molecule has 1 fully saturated rings. The Morgan fingerprint density at radius 3 is 2.43 bits per heavy atom. The number of allylic oxidation sites excluding steroid dienone is 1. The molecule has 4 atom stereocenters. The first-order chi connectivity index (χ1) is 21.2. The minimum atomic E-state index is -1.77. The number of para-hydroxylation sites is 1. The second-order valence-electron chi connectivity index (χ2n) is 11.2. The van der Waals surface area contributed by atoms with Crippen LogP contribution in [0.3, 0.4) is 0 Å². The number of anilines is 1. The van der Waals surface area contributed by atoms with E-state index in [0.29, 0.717) is 23.1 Å². The normalized spacial score (nSPS) is 21.1. The van der Waals surface area contributed by atoms with Gasteiger partial charge in [0.25, 0.3) is 0 Å². The number of fused-ring (bicyclic) bond motifs is 1. The molecule has 0 unspecified atom stereocenters. The number of hydrogen-bond acceptors (Lipinski definition) is 8. The molecular formula is C34H36BNO8. The van der Waals surface area contributed by atoms with Crippen LogP contribution in [0.1, 0.15) is 30.4 Å². The lowest BCUT2D eigenvalue weighted by atomic mass is 9.68. The van der Waals surface area contributed by atoms with Crippen molar-refractivity contribution < 1.29 is 39.7 Å². The number of methoxy groups -OCH3 is 1. The smallest absolute Gasteiger partial charge is 0.488 e. The molecule has 0 spiro atoms. The fourth-order valence-electron chi connectivity index (χ4n) is 6.54. The lowest BCUT2D eigenvalue weighted by Crippen LogP contribution is -2.39. The van der Waals surface area contributed by atoms with Crippen molar-refractivity contribution in [3.8, 4) is 5.75 Å². The zero-order chi connectivity index (χ0) is 31.4. The van der Waals surface area contributed by atoms with Gasteiger partial charge in [0.2, 0.25) is 11.8 Å². The van der Waals surface area contributed by atoms with E-state index in [0.717, 1.165) is 16.0 Å². The molecule has 228 valence electrons. The highest BCUT2D eigenvalue weighted by molar-refractivity contribution is 6.58. The Labute approximate surface area is 256 Å². The minimum absolute atomic E-state index is 0.124. The number of phenolic OH excluding ortho intramolecular Hbond substituents is 1. The number of aliphatic hydroxyl groups excluding tert-OH is 2. The Balaban J connectivity index is 1.45. The fourth-order valence-corrected chi connectivity index (χ4v) is 6.54. The number of carbonyl (C=O) groups is 2. The first kappa shape index (κ1) is 31.4. The molecule has 9 nitrogen and oxygen atoms in total. The first-order valence-electron chi connectivity index (χ1n) is 14.6. The van der Waals surface area contributed by atoms with Crippen molar-refractivity contribution in [1.82, 2.24) is 0 Å². The van der Waals surface area contributed by atoms with Gasteiger partial charge in [-0.2, -0.15) is 0 Å². The number of ether oxygens (including phenoxy) is 1. The third-order valence-corrected chi connectivity index (χ3v) is 8.58. The number of nitrogens with zero attached hydrogens (tertiary/aromatic N) is 1. The van der Waals surface area contributed by atoms with E-state index < -0.39 is 49.4 Å². The van der Waals surface area contributed by atoms with Gasteiger partial charge in [-0.3, -0.25) is 14.5 Å². The number of hydrogen-bond donors (Lipinski definition) is 5. The summed E-state index contributed by atoms with van der Waals surface area (Å²) in [6.45, 7) is -0.332.